The van der Waals surface area contributed by atoms with Gasteiger partial charge in [0.25, 0.3) is 10.0 Å². The minimum Gasteiger partial charge on any atom is -0.486 e. The zero-order valence-corrected chi connectivity index (χ0v) is 21.5. The summed E-state index contributed by atoms with van der Waals surface area (Å²) in [5, 5.41) is 2.63. The second kappa shape index (κ2) is 12.0. The molecule has 0 spiro atoms. The minimum absolute atomic E-state index is 0.0987. The van der Waals surface area contributed by atoms with Crippen LogP contribution in [0.1, 0.15) is 30.1 Å². The Bertz CT molecular complexity index is 1390. The number of ether oxygens (including phenoxy) is 3. The van der Waals surface area contributed by atoms with Crippen LogP contribution in [0.3, 0.4) is 0 Å². The molecule has 4 rings (SSSR count). The molecule has 0 saturated heterocycles. The molecule has 9 nitrogen and oxygen atoms in total. The number of amides is 1. The first-order valence-electron chi connectivity index (χ1n) is 12.0. The summed E-state index contributed by atoms with van der Waals surface area (Å²) < 4.78 is 57.8. The minimum atomic E-state index is -4.26. The van der Waals surface area contributed by atoms with Gasteiger partial charge in [-0.2, -0.15) is 0 Å². The SMILES string of the molecule is CCCCOC(=O)c1ccc(NC(=O)CN(c2ccc(F)cc2)S(=O)(=O)c2ccc3c(c2)OCCO3)cc1. The predicted octanol–water partition coefficient (Wildman–Crippen LogP) is 4.39. The summed E-state index contributed by atoms with van der Waals surface area (Å²) in [6, 6.07) is 15.0. The number of carbonyl (C=O) groups is 2. The fourth-order valence-electron chi connectivity index (χ4n) is 3.65. The molecule has 1 N–H and O–H groups in total. The summed E-state index contributed by atoms with van der Waals surface area (Å²) in [5.41, 5.74) is 0.783. The molecule has 0 aromatic heterocycles. The quantitative estimate of drug-likeness (QED) is 0.299. The van der Waals surface area contributed by atoms with Crippen molar-refractivity contribution >= 4 is 33.3 Å². The van der Waals surface area contributed by atoms with Crippen LogP contribution in [0.5, 0.6) is 11.5 Å². The standard InChI is InChI=1S/C27H27FN2O7S/c1-2-3-14-37-27(32)19-4-8-21(9-5-19)29-26(31)18-30(22-10-6-20(28)7-11-22)38(33,34)23-12-13-24-25(17-23)36-16-15-35-24/h4-13,17H,2-3,14-16,18H2,1H3,(H,29,31). The predicted molar refractivity (Wildman–Crippen MR) is 139 cm³/mol. The molecule has 1 heterocycles. The largest absolute Gasteiger partial charge is 0.486 e. The van der Waals surface area contributed by atoms with E-state index in [1.54, 1.807) is 0 Å². The van der Waals surface area contributed by atoms with Gasteiger partial charge in [-0.1, -0.05) is 13.3 Å². The van der Waals surface area contributed by atoms with Gasteiger partial charge in [0.15, 0.2) is 11.5 Å². The first kappa shape index (κ1) is 26.9. The Kier molecular flexibility index (Phi) is 8.47. The van der Waals surface area contributed by atoms with Crippen molar-refractivity contribution in [2.24, 2.45) is 0 Å². The van der Waals surface area contributed by atoms with Gasteiger partial charge < -0.3 is 19.5 Å². The lowest BCUT2D eigenvalue weighted by Gasteiger charge is -2.25. The van der Waals surface area contributed by atoms with Crippen LogP contribution in [-0.2, 0) is 19.6 Å². The number of nitrogens with one attached hydrogen (secondary N) is 1. The van der Waals surface area contributed by atoms with Crippen molar-refractivity contribution in [3.05, 3.63) is 78.1 Å². The lowest BCUT2D eigenvalue weighted by atomic mass is 10.2. The highest BCUT2D eigenvalue weighted by Gasteiger charge is 2.29. The van der Waals surface area contributed by atoms with E-state index in [1.165, 1.54) is 54.6 Å². The highest BCUT2D eigenvalue weighted by Crippen LogP contribution is 2.34. The lowest BCUT2D eigenvalue weighted by molar-refractivity contribution is -0.114. The van der Waals surface area contributed by atoms with E-state index in [9.17, 15) is 22.4 Å². The van der Waals surface area contributed by atoms with Crippen molar-refractivity contribution in [2.75, 3.05) is 36.0 Å². The summed E-state index contributed by atoms with van der Waals surface area (Å²) in [6.45, 7) is 2.34. The fourth-order valence-corrected chi connectivity index (χ4v) is 5.08. The molecule has 0 atom stereocenters. The summed E-state index contributed by atoms with van der Waals surface area (Å²) >= 11 is 0. The molecule has 0 aliphatic carbocycles. The van der Waals surface area contributed by atoms with Crippen LogP contribution in [0.4, 0.5) is 15.8 Å². The number of benzene rings is 3. The van der Waals surface area contributed by atoms with E-state index < -0.39 is 34.3 Å². The highest BCUT2D eigenvalue weighted by atomic mass is 32.2. The molecule has 200 valence electrons. The third-order valence-electron chi connectivity index (χ3n) is 5.64. The zero-order valence-electron chi connectivity index (χ0n) is 20.7. The summed E-state index contributed by atoms with van der Waals surface area (Å²) in [6.07, 6.45) is 1.66. The van der Waals surface area contributed by atoms with Crippen LogP contribution in [0, 0.1) is 5.82 Å². The number of halogens is 1. The van der Waals surface area contributed by atoms with Gasteiger partial charge in [0.05, 0.1) is 22.8 Å². The molecule has 11 heteroatoms. The van der Waals surface area contributed by atoms with Crippen molar-refractivity contribution < 1.29 is 36.6 Å². The maximum Gasteiger partial charge on any atom is 0.338 e. The van der Waals surface area contributed by atoms with E-state index in [0.29, 0.717) is 30.2 Å². The van der Waals surface area contributed by atoms with Gasteiger partial charge in [0.2, 0.25) is 5.91 Å². The number of carbonyl (C=O) groups excluding carboxylic acids is 2. The first-order chi connectivity index (χ1) is 18.3. The number of unbranched alkanes of at least 4 members (excludes halogenated alkanes) is 1. The van der Waals surface area contributed by atoms with Crippen LogP contribution in [0.15, 0.2) is 71.6 Å². The van der Waals surface area contributed by atoms with Crippen LogP contribution in [0.25, 0.3) is 0 Å². The molecule has 3 aromatic rings. The van der Waals surface area contributed by atoms with E-state index in [-0.39, 0.29) is 22.9 Å². The van der Waals surface area contributed by atoms with Crippen molar-refractivity contribution in [3.63, 3.8) is 0 Å². The third kappa shape index (κ3) is 6.41. The van der Waals surface area contributed by atoms with E-state index in [0.717, 1.165) is 29.3 Å². The van der Waals surface area contributed by atoms with E-state index >= 15 is 0 Å². The second-order valence-corrected chi connectivity index (χ2v) is 10.3. The van der Waals surface area contributed by atoms with Gasteiger partial charge in [-0.3, -0.25) is 9.10 Å². The molecule has 0 unspecified atom stereocenters. The van der Waals surface area contributed by atoms with Crippen molar-refractivity contribution in [1.29, 1.82) is 0 Å². The molecular formula is C27H27FN2O7S. The van der Waals surface area contributed by atoms with Crippen LogP contribution < -0.4 is 19.1 Å². The number of nitrogens with zero attached hydrogens (tertiary/aromatic N) is 1. The van der Waals surface area contributed by atoms with Gasteiger partial charge >= 0.3 is 5.97 Å². The van der Waals surface area contributed by atoms with Crippen LogP contribution >= 0.6 is 0 Å². The second-order valence-electron chi connectivity index (χ2n) is 8.41. The average molecular weight is 543 g/mol. The average Bonchev–Trinajstić information content (AvgIpc) is 2.92. The maximum absolute atomic E-state index is 13.6. The van der Waals surface area contributed by atoms with Crippen molar-refractivity contribution in [2.45, 2.75) is 24.7 Å². The Hall–Kier alpha value is -4.12. The summed E-state index contributed by atoms with van der Waals surface area (Å²) in [4.78, 5) is 24.9. The Balaban J connectivity index is 1.53. The number of sulfonamides is 1. The molecule has 1 amide bonds. The zero-order chi connectivity index (χ0) is 27.1. The maximum atomic E-state index is 13.6. The number of rotatable bonds is 10. The summed E-state index contributed by atoms with van der Waals surface area (Å²) in [7, 11) is -4.26. The van der Waals surface area contributed by atoms with Crippen LogP contribution in [0.2, 0.25) is 0 Å². The van der Waals surface area contributed by atoms with E-state index in [2.05, 4.69) is 5.32 Å². The van der Waals surface area contributed by atoms with Crippen LogP contribution in [-0.4, -0.2) is 46.7 Å². The molecular weight excluding hydrogens is 515 g/mol. The third-order valence-corrected chi connectivity index (χ3v) is 7.41. The molecule has 1 aliphatic heterocycles. The molecule has 0 radical (unpaired) electrons. The van der Waals surface area contributed by atoms with Gasteiger partial charge in [0.1, 0.15) is 25.6 Å². The highest BCUT2D eigenvalue weighted by molar-refractivity contribution is 7.92. The lowest BCUT2D eigenvalue weighted by Crippen LogP contribution is -2.38. The van der Waals surface area contributed by atoms with Gasteiger partial charge in [-0.25, -0.2) is 17.6 Å². The van der Waals surface area contributed by atoms with E-state index in [1.807, 2.05) is 6.92 Å². The van der Waals surface area contributed by atoms with Gasteiger partial charge in [0, 0.05) is 11.8 Å². The molecule has 38 heavy (non-hydrogen) atoms. The number of anilines is 2. The van der Waals surface area contributed by atoms with Gasteiger partial charge in [-0.15, -0.1) is 0 Å². The molecule has 3 aromatic carbocycles. The van der Waals surface area contributed by atoms with Crippen molar-refractivity contribution in [3.8, 4) is 11.5 Å². The van der Waals surface area contributed by atoms with Crippen molar-refractivity contribution in [1.82, 2.24) is 0 Å². The normalized spacial score (nSPS) is 12.5. The molecule has 0 bridgehead atoms. The van der Waals surface area contributed by atoms with Gasteiger partial charge in [-0.05, 0) is 67.1 Å². The monoisotopic (exact) mass is 542 g/mol. The summed E-state index contributed by atoms with van der Waals surface area (Å²) in [5.74, 6) is -0.977. The fraction of sp³-hybridized carbons (Fsp3) is 0.259. The Morgan fingerprint density at radius 1 is 0.974 bits per heavy atom. The topological polar surface area (TPSA) is 111 Å². The number of hydrogen-bond acceptors (Lipinski definition) is 7. The Morgan fingerprint density at radius 2 is 1.66 bits per heavy atom. The molecule has 0 saturated carbocycles. The first-order valence-corrected chi connectivity index (χ1v) is 13.5. The number of hydrogen-bond donors (Lipinski definition) is 1. The smallest absolute Gasteiger partial charge is 0.338 e. The Labute approximate surface area is 220 Å². The Morgan fingerprint density at radius 3 is 2.34 bits per heavy atom. The van der Waals surface area contributed by atoms with E-state index in [4.69, 9.17) is 14.2 Å². The number of fused-ring (bicyclic) bond motifs is 1. The number of esters is 1. The molecule has 0 fully saturated rings. The molecule has 1 aliphatic rings.